The Morgan fingerprint density at radius 1 is 1.38 bits per heavy atom. The molecule has 0 rings (SSSR count). The summed E-state index contributed by atoms with van der Waals surface area (Å²) in [7, 11) is 0. The molecular weight excluding hydrogens is 184 g/mol. The monoisotopic (exact) mass is 204 g/mol. The predicted octanol–water partition coefficient (Wildman–Crippen LogP) is 2.98. The van der Waals surface area contributed by atoms with Crippen LogP contribution in [0.2, 0.25) is 0 Å². The summed E-state index contributed by atoms with van der Waals surface area (Å²) in [6.45, 7) is 4.18. The third-order valence-corrected chi connectivity index (χ3v) is 3.04. The Hall–Kier alpha value is -0.180. The lowest BCUT2D eigenvalue weighted by atomic mass is 9.95. The number of carbonyl (C=O) groups is 1. The number of carboxylic acids is 1. The minimum atomic E-state index is -0.785. The van der Waals surface area contributed by atoms with E-state index in [4.69, 9.17) is 5.11 Å². The Balaban J connectivity index is 3.80. The quantitative estimate of drug-likeness (QED) is 0.494. The maximum Gasteiger partial charge on any atom is 0.316 e. The van der Waals surface area contributed by atoms with Crippen LogP contribution in [0.15, 0.2) is 0 Å². The first kappa shape index (κ1) is 12.8. The van der Waals surface area contributed by atoms with Crippen LogP contribution >= 0.6 is 12.6 Å². The van der Waals surface area contributed by atoms with Crippen LogP contribution < -0.4 is 0 Å². The molecule has 0 aromatic rings. The van der Waals surface area contributed by atoms with Crippen LogP contribution in [0, 0.1) is 5.92 Å². The highest BCUT2D eigenvalue weighted by molar-refractivity contribution is 7.81. The Bertz CT molecular complexity index is 148. The molecule has 0 spiro atoms. The molecule has 13 heavy (non-hydrogen) atoms. The van der Waals surface area contributed by atoms with Crippen molar-refractivity contribution in [3.63, 3.8) is 0 Å². The lowest BCUT2D eigenvalue weighted by Crippen LogP contribution is -2.23. The minimum absolute atomic E-state index is 0.229. The normalized spacial score (nSPS) is 15.3. The third-order valence-electron chi connectivity index (χ3n) is 2.40. The van der Waals surface area contributed by atoms with E-state index < -0.39 is 11.2 Å². The van der Waals surface area contributed by atoms with Gasteiger partial charge in [0.1, 0.15) is 5.25 Å². The zero-order chi connectivity index (χ0) is 10.3. The molecule has 2 atom stereocenters. The number of unbranched alkanes of at least 4 members (excludes halogenated alkanes) is 2. The predicted molar refractivity (Wildman–Crippen MR) is 58.3 cm³/mol. The van der Waals surface area contributed by atoms with Gasteiger partial charge in [0.25, 0.3) is 0 Å². The van der Waals surface area contributed by atoms with Gasteiger partial charge in [0.05, 0.1) is 0 Å². The fourth-order valence-corrected chi connectivity index (χ4v) is 1.80. The van der Waals surface area contributed by atoms with Gasteiger partial charge in [0.2, 0.25) is 0 Å². The van der Waals surface area contributed by atoms with Crippen molar-refractivity contribution < 1.29 is 9.90 Å². The second-order valence-corrected chi connectivity index (χ2v) is 4.00. The van der Waals surface area contributed by atoms with Crippen LogP contribution in [0.4, 0.5) is 0 Å². The van der Waals surface area contributed by atoms with Gasteiger partial charge >= 0.3 is 5.97 Å². The van der Waals surface area contributed by atoms with Gasteiger partial charge in [-0.3, -0.25) is 4.79 Å². The highest BCUT2D eigenvalue weighted by atomic mass is 32.1. The van der Waals surface area contributed by atoms with E-state index in [2.05, 4.69) is 19.6 Å². The lowest BCUT2D eigenvalue weighted by molar-refractivity contribution is -0.137. The molecule has 0 saturated carbocycles. The number of hydrogen-bond acceptors (Lipinski definition) is 2. The summed E-state index contributed by atoms with van der Waals surface area (Å²) in [5, 5.41) is 8.28. The molecule has 2 unspecified atom stereocenters. The molecule has 0 aliphatic rings. The zero-order valence-electron chi connectivity index (χ0n) is 8.49. The molecule has 78 valence electrons. The fourth-order valence-electron chi connectivity index (χ4n) is 1.44. The molecule has 3 heteroatoms. The number of aliphatic carboxylic acids is 1. The van der Waals surface area contributed by atoms with Crippen molar-refractivity contribution in [2.75, 3.05) is 0 Å². The summed E-state index contributed by atoms with van der Waals surface area (Å²) in [5.74, 6) is -0.556. The van der Waals surface area contributed by atoms with Gasteiger partial charge < -0.3 is 5.11 Å². The second-order valence-electron chi connectivity index (χ2n) is 3.45. The van der Waals surface area contributed by atoms with Crippen molar-refractivity contribution in [2.45, 2.75) is 51.2 Å². The molecule has 0 saturated heterocycles. The summed E-state index contributed by atoms with van der Waals surface area (Å²) >= 11 is 4.10. The van der Waals surface area contributed by atoms with Crippen molar-refractivity contribution in [2.24, 2.45) is 5.92 Å². The Morgan fingerprint density at radius 3 is 2.38 bits per heavy atom. The highest BCUT2D eigenvalue weighted by Crippen LogP contribution is 2.21. The largest absolute Gasteiger partial charge is 0.480 e. The van der Waals surface area contributed by atoms with E-state index in [0.29, 0.717) is 0 Å². The van der Waals surface area contributed by atoms with Crippen LogP contribution in [0.3, 0.4) is 0 Å². The van der Waals surface area contributed by atoms with Crippen molar-refractivity contribution in [3.05, 3.63) is 0 Å². The Morgan fingerprint density at radius 2 is 2.00 bits per heavy atom. The summed E-state index contributed by atoms with van der Waals surface area (Å²) < 4.78 is 0. The summed E-state index contributed by atoms with van der Waals surface area (Å²) in [5.41, 5.74) is 0. The molecular formula is C10H20O2S. The molecule has 0 aromatic carbocycles. The van der Waals surface area contributed by atoms with E-state index in [9.17, 15) is 4.79 Å². The Kier molecular flexibility index (Phi) is 7.14. The fraction of sp³-hybridized carbons (Fsp3) is 0.900. The first-order valence-electron chi connectivity index (χ1n) is 5.04. The van der Waals surface area contributed by atoms with Crippen molar-refractivity contribution in [1.82, 2.24) is 0 Å². The summed E-state index contributed by atoms with van der Waals surface area (Å²) in [6.07, 6.45) is 5.39. The van der Waals surface area contributed by atoms with E-state index in [1.165, 1.54) is 12.8 Å². The van der Waals surface area contributed by atoms with Crippen LogP contribution in [0.25, 0.3) is 0 Å². The molecule has 0 bridgehead atoms. The van der Waals surface area contributed by atoms with E-state index >= 15 is 0 Å². The van der Waals surface area contributed by atoms with Gasteiger partial charge in [-0.25, -0.2) is 0 Å². The van der Waals surface area contributed by atoms with Crippen LogP contribution in [-0.4, -0.2) is 16.3 Å². The Labute approximate surface area is 86.1 Å². The van der Waals surface area contributed by atoms with Crippen molar-refractivity contribution >= 4 is 18.6 Å². The van der Waals surface area contributed by atoms with Gasteiger partial charge in [-0.15, -0.1) is 0 Å². The number of thiol groups is 1. The number of carboxylic acid groups (broad SMARTS) is 1. The first-order valence-corrected chi connectivity index (χ1v) is 5.56. The van der Waals surface area contributed by atoms with Gasteiger partial charge in [-0.1, -0.05) is 39.5 Å². The van der Waals surface area contributed by atoms with Crippen LogP contribution in [0.1, 0.15) is 46.0 Å². The van der Waals surface area contributed by atoms with Crippen LogP contribution in [0.5, 0.6) is 0 Å². The molecule has 0 aliphatic heterocycles. The lowest BCUT2D eigenvalue weighted by Gasteiger charge is -2.17. The number of hydrogen-bond donors (Lipinski definition) is 2. The standard InChI is InChI=1S/C10H20O2S/c1-3-5-6-7-8(4-2)9(13)10(11)12/h8-9,13H,3-7H2,1-2H3,(H,11,12). The average Bonchev–Trinajstić information content (AvgIpc) is 2.11. The van der Waals surface area contributed by atoms with E-state index in [-0.39, 0.29) is 5.92 Å². The van der Waals surface area contributed by atoms with Gasteiger partial charge in [-0.05, 0) is 12.3 Å². The molecule has 0 amide bonds. The highest BCUT2D eigenvalue weighted by Gasteiger charge is 2.22. The number of rotatable bonds is 7. The molecule has 0 heterocycles. The summed E-state index contributed by atoms with van der Waals surface area (Å²) in [6, 6.07) is 0. The zero-order valence-corrected chi connectivity index (χ0v) is 9.39. The molecule has 0 aliphatic carbocycles. The molecule has 1 N–H and O–H groups in total. The maximum atomic E-state index is 10.7. The van der Waals surface area contributed by atoms with Crippen molar-refractivity contribution in [3.8, 4) is 0 Å². The molecule has 0 fully saturated rings. The van der Waals surface area contributed by atoms with Gasteiger partial charge in [0, 0.05) is 0 Å². The van der Waals surface area contributed by atoms with Gasteiger partial charge in [0.15, 0.2) is 0 Å². The minimum Gasteiger partial charge on any atom is -0.480 e. The van der Waals surface area contributed by atoms with Crippen LogP contribution in [-0.2, 0) is 4.79 Å². The van der Waals surface area contributed by atoms with E-state index in [1.807, 2.05) is 6.92 Å². The topological polar surface area (TPSA) is 37.3 Å². The average molecular weight is 204 g/mol. The maximum absolute atomic E-state index is 10.7. The second kappa shape index (κ2) is 7.25. The van der Waals surface area contributed by atoms with Gasteiger partial charge in [-0.2, -0.15) is 12.6 Å². The molecule has 0 aromatic heterocycles. The molecule has 0 radical (unpaired) electrons. The molecule has 2 nitrogen and oxygen atoms in total. The van der Waals surface area contributed by atoms with E-state index in [1.54, 1.807) is 0 Å². The van der Waals surface area contributed by atoms with Crippen molar-refractivity contribution in [1.29, 1.82) is 0 Å². The smallest absolute Gasteiger partial charge is 0.316 e. The SMILES string of the molecule is CCCCCC(CC)C(S)C(=O)O. The summed E-state index contributed by atoms with van der Waals surface area (Å²) in [4.78, 5) is 10.7. The third kappa shape index (κ3) is 5.19. The first-order chi connectivity index (χ1) is 6.13. The van der Waals surface area contributed by atoms with E-state index in [0.717, 1.165) is 19.3 Å².